The van der Waals surface area contributed by atoms with Gasteiger partial charge in [0, 0.05) is 16.8 Å². The van der Waals surface area contributed by atoms with E-state index in [0.29, 0.717) is 22.6 Å². The Kier molecular flexibility index (Phi) is 2.95. The van der Waals surface area contributed by atoms with Gasteiger partial charge in [-0.25, -0.2) is 4.39 Å². The third kappa shape index (κ3) is 2.25. The monoisotopic (exact) mass is 269 g/mol. The highest BCUT2D eigenvalue weighted by Crippen LogP contribution is 2.24. The second-order valence-electron chi connectivity index (χ2n) is 4.51. The van der Waals surface area contributed by atoms with Crippen molar-refractivity contribution in [3.63, 3.8) is 0 Å². The van der Waals surface area contributed by atoms with E-state index in [0.717, 1.165) is 5.56 Å². The van der Waals surface area contributed by atoms with Crippen molar-refractivity contribution in [3.05, 3.63) is 53.8 Å². The summed E-state index contributed by atoms with van der Waals surface area (Å²) < 4.78 is 18.7. The van der Waals surface area contributed by atoms with Crippen molar-refractivity contribution in [1.82, 2.24) is 10.1 Å². The Morgan fingerprint density at radius 2 is 1.75 bits per heavy atom. The van der Waals surface area contributed by atoms with Gasteiger partial charge in [-0.1, -0.05) is 11.2 Å². The van der Waals surface area contributed by atoms with Crippen LogP contribution in [0.15, 0.2) is 47.0 Å². The van der Waals surface area contributed by atoms with Gasteiger partial charge in [0.2, 0.25) is 5.82 Å². The molecule has 2 aromatic carbocycles. The van der Waals surface area contributed by atoms with Crippen molar-refractivity contribution in [2.45, 2.75) is 6.92 Å². The lowest BCUT2D eigenvalue weighted by Gasteiger charge is -1.97. The Morgan fingerprint density at radius 1 is 1.05 bits per heavy atom. The van der Waals surface area contributed by atoms with E-state index in [9.17, 15) is 4.39 Å². The van der Waals surface area contributed by atoms with Crippen LogP contribution in [0, 0.1) is 12.7 Å². The molecular weight excluding hydrogens is 257 g/mol. The molecule has 1 aromatic heterocycles. The quantitative estimate of drug-likeness (QED) is 0.724. The molecule has 5 heteroatoms. The van der Waals surface area contributed by atoms with Crippen molar-refractivity contribution < 1.29 is 8.91 Å². The predicted octanol–water partition coefficient (Wildman–Crippen LogP) is 3.43. The fourth-order valence-electron chi connectivity index (χ4n) is 1.82. The molecule has 3 rings (SSSR count). The fraction of sp³-hybridized carbons (Fsp3) is 0.0667. The number of anilines is 1. The van der Waals surface area contributed by atoms with Crippen molar-refractivity contribution in [2.24, 2.45) is 0 Å². The lowest BCUT2D eigenvalue weighted by Crippen LogP contribution is -1.86. The molecule has 2 N–H and O–H groups in total. The average molecular weight is 269 g/mol. The van der Waals surface area contributed by atoms with Crippen LogP contribution in [0.25, 0.3) is 22.8 Å². The van der Waals surface area contributed by atoms with Gasteiger partial charge in [0.25, 0.3) is 5.89 Å². The number of nitrogens with two attached hydrogens (primary N) is 1. The molecule has 0 fully saturated rings. The smallest absolute Gasteiger partial charge is 0.258 e. The van der Waals surface area contributed by atoms with E-state index in [2.05, 4.69) is 10.1 Å². The zero-order valence-corrected chi connectivity index (χ0v) is 10.8. The Balaban J connectivity index is 1.97. The molecule has 0 bridgehead atoms. The van der Waals surface area contributed by atoms with Crippen molar-refractivity contribution in [2.75, 3.05) is 5.73 Å². The maximum Gasteiger partial charge on any atom is 0.258 e. The molecule has 0 unspecified atom stereocenters. The lowest BCUT2D eigenvalue weighted by atomic mass is 10.1. The van der Waals surface area contributed by atoms with E-state index in [-0.39, 0.29) is 11.7 Å². The van der Waals surface area contributed by atoms with Crippen LogP contribution in [-0.4, -0.2) is 10.1 Å². The van der Waals surface area contributed by atoms with Gasteiger partial charge in [-0.3, -0.25) is 0 Å². The Bertz CT molecular complexity index is 750. The third-order valence-corrected chi connectivity index (χ3v) is 3.01. The van der Waals surface area contributed by atoms with E-state index in [1.807, 2.05) is 0 Å². The summed E-state index contributed by atoms with van der Waals surface area (Å²) in [5.41, 5.74) is 8.22. The summed E-state index contributed by atoms with van der Waals surface area (Å²) in [4.78, 5) is 4.27. The number of hydrogen-bond donors (Lipinski definition) is 1. The molecular formula is C15H12FN3O. The van der Waals surface area contributed by atoms with Crippen LogP contribution >= 0.6 is 0 Å². The first-order chi connectivity index (χ1) is 9.63. The first kappa shape index (κ1) is 12.3. The highest BCUT2D eigenvalue weighted by atomic mass is 19.1. The highest BCUT2D eigenvalue weighted by Gasteiger charge is 2.11. The molecule has 1 heterocycles. The zero-order chi connectivity index (χ0) is 14.1. The molecule has 0 saturated carbocycles. The second kappa shape index (κ2) is 4.77. The normalized spacial score (nSPS) is 10.7. The van der Waals surface area contributed by atoms with E-state index in [1.54, 1.807) is 43.3 Å². The van der Waals surface area contributed by atoms with Crippen molar-refractivity contribution >= 4 is 5.69 Å². The van der Waals surface area contributed by atoms with Gasteiger partial charge in [-0.15, -0.1) is 0 Å². The molecule has 0 saturated heterocycles. The number of nitrogen functional groups attached to an aromatic ring is 1. The van der Waals surface area contributed by atoms with Gasteiger partial charge < -0.3 is 10.3 Å². The highest BCUT2D eigenvalue weighted by molar-refractivity contribution is 5.61. The summed E-state index contributed by atoms with van der Waals surface area (Å²) in [7, 11) is 0. The summed E-state index contributed by atoms with van der Waals surface area (Å²) in [5, 5.41) is 3.90. The van der Waals surface area contributed by atoms with E-state index in [1.165, 1.54) is 6.07 Å². The largest absolute Gasteiger partial charge is 0.399 e. The summed E-state index contributed by atoms with van der Waals surface area (Å²) in [5.74, 6) is 0.437. The van der Waals surface area contributed by atoms with Gasteiger partial charge in [-0.2, -0.15) is 4.98 Å². The average Bonchev–Trinajstić information content (AvgIpc) is 2.92. The number of nitrogens with zero attached hydrogens (tertiary/aromatic N) is 2. The number of rotatable bonds is 2. The Labute approximate surface area is 115 Å². The standard InChI is InChI=1S/C15H12FN3O/c1-9-2-3-11(8-13(9)16)15-18-14(19-20-15)10-4-6-12(17)7-5-10/h2-8H,17H2,1H3. The lowest BCUT2D eigenvalue weighted by molar-refractivity contribution is 0.432. The van der Waals surface area contributed by atoms with Crippen LogP contribution < -0.4 is 5.73 Å². The number of halogens is 1. The fourth-order valence-corrected chi connectivity index (χ4v) is 1.82. The molecule has 0 radical (unpaired) electrons. The zero-order valence-electron chi connectivity index (χ0n) is 10.8. The summed E-state index contributed by atoms with van der Waals surface area (Å²) in [6.07, 6.45) is 0. The molecule has 20 heavy (non-hydrogen) atoms. The number of benzene rings is 2. The predicted molar refractivity (Wildman–Crippen MR) is 74.3 cm³/mol. The minimum atomic E-state index is -0.297. The van der Waals surface area contributed by atoms with Crippen LogP contribution in [-0.2, 0) is 0 Å². The topological polar surface area (TPSA) is 64.9 Å². The van der Waals surface area contributed by atoms with Crippen LogP contribution in [0.3, 0.4) is 0 Å². The first-order valence-corrected chi connectivity index (χ1v) is 6.09. The molecule has 100 valence electrons. The minimum Gasteiger partial charge on any atom is -0.399 e. The maximum absolute atomic E-state index is 13.5. The molecule has 3 aromatic rings. The molecule has 0 aliphatic carbocycles. The number of aromatic nitrogens is 2. The molecule has 4 nitrogen and oxygen atoms in total. The molecule has 0 atom stereocenters. The summed E-state index contributed by atoms with van der Waals surface area (Å²) in [6, 6.07) is 11.9. The Morgan fingerprint density at radius 3 is 2.45 bits per heavy atom. The third-order valence-electron chi connectivity index (χ3n) is 3.01. The van der Waals surface area contributed by atoms with Crippen LogP contribution in [0.1, 0.15) is 5.56 Å². The molecule has 0 amide bonds. The van der Waals surface area contributed by atoms with Crippen LogP contribution in [0.4, 0.5) is 10.1 Å². The van der Waals surface area contributed by atoms with Gasteiger partial charge in [0.1, 0.15) is 5.82 Å². The van der Waals surface area contributed by atoms with E-state index in [4.69, 9.17) is 10.3 Å². The number of aryl methyl sites for hydroxylation is 1. The van der Waals surface area contributed by atoms with Crippen LogP contribution in [0.5, 0.6) is 0 Å². The first-order valence-electron chi connectivity index (χ1n) is 6.09. The van der Waals surface area contributed by atoms with Gasteiger partial charge in [0.15, 0.2) is 0 Å². The van der Waals surface area contributed by atoms with Gasteiger partial charge >= 0.3 is 0 Å². The minimum absolute atomic E-state index is 0.288. The Hall–Kier alpha value is -2.69. The summed E-state index contributed by atoms with van der Waals surface area (Å²) >= 11 is 0. The number of hydrogen-bond acceptors (Lipinski definition) is 4. The van der Waals surface area contributed by atoms with Crippen molar-refractivity contribution in [3.8, 4) is 22.8 Å². The van der Waals surface area contributed by atoms with Crippen molar-refractivity contribution in [1.29, 1.82) is 0 Å². The maximum atomic E-state index is 13.5. The second-order valence-corrected chi connectivity index (χ2v) is 4.51. The SMILES string of the molecule is Cc1ccc(-c2nc(-c3ccc(N)cc3)no2)cc1F. The van der Waals surface area contributed by atoms with Gasteiger partial charge in [-0.05, 0) is 48.9 Å². The molecule has 0 spiro atoms. The van der Waals surface area contributed by atoms with Crippen LogP contribution in [0.2, 0.25) is 0 Å². The molecule has 0 aliphatic heterocycles. The summed E-state index contributed by atoms with van der Waals surface area (Å²) in [6.45, 7) is 1.70. The van der Waals surface area contributed by atoms with E-state index < -0.39 is 0 Å². The molecule has 0 aliphatic rings. The van der Waals surface area contributed by atoms with E-state index >= 15 is 0 Å². The van der Waals surface area contributed by atoms with Gasteiger partial charge in [0.05, 0.1) is 0 Å².